The molecule has 4 rings (SSSR count). The van der Waals surface area contributed by atoms with Gasteiger partial charge in [-0.2, -0.15) is 0 Å². The Hall–Kier alpha value is -3.41. The standard InChI is InChI=1S/C25H26N2O4/c1-16-11-12-21-19(13-16)24(18-8-4-5-9-20(18)27-21)25(29)31-15-23(28)26-14-17-7-3-6-10-22(17)30-2/h3,6-7,10-13H,4-5,8-9,14-15H2,1-2H3,(H,26,28). The molecule has 31 heavy (non-hydrogen) atoms. The van der Waals surface area contributed by atoms with Gasteiger partial charge < -0.3 is 14.8 Å². The van der Waals surface area contributed by atoms with Crippen molar-refractivity contribution in [3.8, 4) is 5.75 Å². The van der Waals surface area contributed by atoms with Crippen LogP contribution in [0.5, 0.6) is 5.75 Å². The highest BCUT2D eigenvalue weighted by atomic mass is 16.5. The number of fused-ring (bicyclic) bond motifs is 2. The zero-order valence-electron chi connectivity index (χ0n) is 17.9. The van der Waals surface area contributed by atoms with Crippen molar-refractivity contribution in [1.82, 2.24) is 10.3 Å². The monoisotopic (exact) mass is 418 g/mol. The maximum Gasteiger partial charge on any atom is 0.339 e. The molecule has 3 aromatic rings. The van der Waals surface area contributed by atoms with E-state index in [4.69, 9.17) is 14.5 Å². The van der Waals surface area contributed by atoms with Crippen LogP contribution in [0.3, 0.4) is 0 Å². The average Bonchev–Trinajstić information content (AvgIpc) is 2.79. The number of nitrogens with zero attached hydrogens (tertiary/aromatic N) is 1. The number of hydrogen-bond acceptors (Lipinski definition) is 5. The van der Waals surface area contributed by atoms with Crippen LogP contribution >= 0.6 is 0 Å². The highest BCUT2D eigenvalue weighted by Crippen LogP contribution is 2.30. The molecule has 2 aromatic carbocycles. The molecule has 6 heteroatoms. The van der Waals surface area contributed by atoms with Crippen molar-refractivity contribution in [1.29, 1.82) is 0 Å². The number of carbonyl (C=O) groups excluding carboxylic acids is 2. The Bertz CT molecular complexity index is 1140. The van der Waals surface area contributed by atoms with Crippen LogP contribution in [-0.4, -0.2) is 30.6 Å². The first-order chi connectivity index (χ1) is 15.1. The summed E-state index contributed by atoms with van der Waals surface area (Å²) in [6.45, 7) is 1.95. The van der Waals surface area contributed by atoms with Crippen molar-refractivity contribution >= 4 is 22.8 Å². The van der Waals surface area contributed by atoms with Crippen LogP contribution in [0, 0.1) is 6.92 Å². The van der Waals surface area contributed by atoms with E-state index in [2.05, 4.69) is 5.32 Å². The van der Waals surface area contributed by atoms with E-state index < -0.39 is 5.97 Å². The molecule has 160 valence electrons. The zero-order chi connectivity index (χ0) is 21.8. The molecule has 1 amide bonds. The van der Waals surface area contributed by atoms with Gasteiger partial charge in [-0.1, -0.05) is 29.8 Å². The van der Waals surface area contributed by atoms with Crippen LogP contribution < -0.4 is 10.1 Å². The molecule has 0 bridgehead atoms. The van der Waals surface area contributed by atoms with Gasteiger partial charge >= 0.3 is 5.97 Å². The molecule has 0 saturated carbocycles. The molecule has 0 aliphatic heterocycles. The SMILES string of the molecule is COc1ccccc1CNC(=O)COC(=O)c1c2c(nc3ccc(C)cc13)CCCC2. The molecule has 1 N–H and O–H groups in total. The fraction of sp³-hybridized carbons (Fsp3) is 0.320. The molecule has 0 atom stereocenters. The number of aryl methyl sites for hydroxylation is 2. The molecule has 1 aliphatic carbocycles. The summed E-state index contributed by atoms with van der Waals surface area (Å²) in [5.41, 5.74) is 5.18. The molecule has 0 spiro atoms. The summed E-state index contributed by atoms with van der Waals surface area (Å²) < 4.78 is 10.7. The summed E-state index contributed by atoms with van der Waals surface area (Å²) in [6.07, 6.45) is 3.75. The highest BCUT2D eigenvalue weighted by Gasteiger charge is 2.24. The van der Waals surface area contributed by atoms with Crippen molar-refractivity contribution in [3.63, 3.8) is 0 Å². The van der Waals surface area contributed by atoms with Crippen molar-refractivity contribution in [2.45, 2.75) is 39.2 Å². The smallest absolute Gasteiger partial charge is 0.339 e. The van der Waals surface area contributed by atoms with Crippen molar-refractivity contribution in [2.24, 2.45) is 0 Å². The summed E-state index contributed by atoms with van der Waals surface area (Å²) >= 11 is 0. The van der Waals surface area contributed by atoms with E-state index in [1.807, 2.05) is 49.4 Å². The number of para-hydroxylation sites is 1. The Labute approximate surface area is 181 Å². The van der Waals surface area contributed by atoms with Crippen LogP contribution in [0.25, 0.3) is 10.9 Å². The summed E-state index contributed by atoms with van der Waals surface area (Å²) in [7, 11) is 1.59. The number of esters is 1. The van der Waals surface area contributed by atoms with E-state index in [0.29, 0.717) is 17.9 Å². The number of benzene rings is 2. The fourth-order valence-electron chi connectivity index (χ4n) is 4.07. The normalized spacial score (nSPS) is 12.8. The van der Waals surface area contributed by atoms with Crippen LogP contribution in [0.4, 0.5) is 0 Å². The number of nitrogens with one attached hydrogen (secondary N) is 1. The third-order valence-electron chi connectivity index (χ3n) is 5.62. The van der Waals surface area contributed by atoms with Gasteiger partial charge in [0, 0.05) is 23.2 Å². The number of pyridine rings is 1. The molecular formula is C25H26N2O4. The van der Waals surface area contributed by atoms with Gasteiger partial charge in [0.05, 0.1) is 18.2 Å². The minimum atomic E-state index is -0.469. The van der Waals surface area contributed by atoms with E-state index in [-0.39, 0.29) is 12.5 Å². The van der Waals surface area contributed by atoms with Crippen molar-refractivity contribution < 1.29 is 19.1 Å². The van der Waals surface area contributed by atoms with Gasteiger partial charge in [-0.25, -0.2) is 4.79 Å². The molecule has 6 nitrogen and oxygen atoms in total. The number of carbonyl (C=O) groups is 2. The minimum Gasteiger partial charge on any atom is -0.496 e. The Morgan fingerprint density at radius 2 is 1.90 bits per heavy atom. The third-order valence-corrected chi connectivity index (χ3v) is 5.62. The van der Waals surface area contributed by atoms with E-state index in [0.717, 1.165) is 59.0 Å². The van der Waals surface area contributed by atoms with Crippen molar-refractivity contribution in [3.05, 3.63) is 70.4 Å². The lowest BCUT2D eigenvalue weighted by atomic mass is 9.89. The first kappa shape index (κ1) is 20.8. The molecule has 1 aromatic heterocycles. The molecule has 0 saturated heterocycles. The second kappa shape index (κ2) is 9.16. The maximum atomic E-state index is 13.1. The van der Waals surface area contributed by atoms with Gasteiger partial charge in [0.2, 0.25) is 0 Å². The number of hydrogen-bond donors (Lipinski definition) is 1. The number of rotatable bonds is 6. The number of aromatic nitrogens is 1. The van der Waals surface area contributed by atoms with Crippen molar-refractivity contribution in [2.75, 3.05) is 13.7 Å². The van der Waals surface area contributed by atoms with Gasteiger partial charge in [0.15, 0.2) is 6.61 Å². The molecule has 0 fully saturated rings. The van der Waals surface area contributed by atoms with E-state index in [1.54, 1.807) is 7.11 Å². The summed E-state index contributed by atoms with van der Waals surface area (Å²) in [4.78, 5) is 30.2. The maximum absolute atomic E-state index is 13.1. The van der Waals surface area contributed by atoms with Crippen LogP contribution in [-0.2, 0) is 28.9 Å². The second-order valence-corrected chi connectivity index (χ2v) is 7.80. The van der Waals surface area contributed by atoms with E-state index >= 15 is 0 Å². The first-order valence-corrected chi connectivity index (χ1v) is 10.5. The Morgan fingerprint density at radius 1 is 1.10 bits per heavy atom. The number of ether oxygens (including phenoxy) is 2. The largest absolute Gasteiger partial charge is 0.496 e. The highest BCUT2D eigenvalue weighted by molar-refractivity contribution is 6.05. The number of methoxy groups -OCH3 is 1. The topological polar surface area (TPSA) is 77.5 Å². The Balaban J connectivity index is 1.49. The lowest BCUT2D eigenvalue weighted by Gasteiger charge is -2.20. The van der Waals surface area contributed by atoms with Gasteiger partial charge in [0.1, 0.15) is 5.75 Å². The fourth-order valence-corrected chi connectivity index (χ4v) is 4.07. The third kappa shape index (κ3) is 4.53. The molecular weight excluding hydrogens is 392 g/mol. The quantitative estimate of drug-likeness (QED) is 0.614. The van der Waals surface area contributed by atoms with E-state index in [1.165, 1.54) is 0 Å². The summed E-state index contributed by atoms with van der Waals surface area (Å²) in [6, 6.07) is 13.4. The number of amides is 1. The second-order valence-electron chi connectivity index (χ2n) is 7.80. The lowest BCUT2D eigenvalue weighted by Crippen LogP contribution is -2.29. The summed E-state index contributed by atoms with van der Waals surface area (Å²) in [5.74, 6) is -0.128. The Morgan fingerprint density at radius 3 is 2.74 bits per heavy atom. The van der Waals surface area contributed by atoms with Crippen LogP contribution in [0.15, 0.2) is 42.5 Å². The predicted molar refractivity (Wildman–Crippen MR) is 118 cm³/mol. The average molecular weight is 418 g/mol. The lowest BCUT2D eigenvalue weighted by molar-refractivity contribution is -0.124. The van der Waals surface area contributed by atoms with Gasteiger partial charge in [-0.05, 0) is 56.4 Å². The van der Waals surface area contributed by atoms with Gasteiger partial charge in [0.25, 0.3) is 5.91 Å². The van der Waals surface area contributed by atoms with Crippen LogP contribution in [0.2, 0.25) is 0 Å². The molecule has 0 radical (unpaired) electrons. The van der Waals surface area contributed by atoms with Gasteiger partial charge in [-0.3, -0.25) is 9.78 Å². The predicted octanol–water partition coefficient (Wildman–Crippen LogP) is 3.90. The summed E-state index contributed by atoms with van der Waals surface area (Å²) in [5, 5.41) is 3.57. The van der Waals surface area contributed by atoms with Crippen LogP contribution in [0.1, 0.15) is 45.6 Å². The molecule has 0 unspecified atom stereocenters. The van der Waals surface area contributed by atoms with Gasteiger partial charge in [-0.15, -0.1) is 0 Å². The minimum absolute atomic E-state index is 0.299. The Kier molecular flexibility index (Phi) is 6.16. The molecule has 1 heterocycles. The van der Waals surface area contributed by atoms with E-state index in [9.17, 15) is 9.59 Å². The molecule has 1 aliphatic rings. The first-order valence-electron chi connectivity index (χ1n) is 10.5. The zero-order valence-corrected chi connectivity index (χ0v) is 17.9.